The number of rotatable bonds is 4. The van der Waals surface area contributed by atoms with Gasteiger partial charge < -0.3 is 13.7 Å². The van der Waals surface area contributed by atoms with Gasteiger partial charge in [-0.2, -0.15) is 4.31 Å². The topological polar surface area (TPSA) is 92.7 Å². The minimum Gasteiger partial charge on any atom is -0.451 e. The number of anilines is 1. The van der Waals surface area contributed by atoms with Crippen molar-refractivity contribution in [2.45, 2.75) is 25.9 Å². The third-order valence-corrected chi connectivity index (χ3v) is 6.87. The molecular weight excluding hydrogens is 380 g/mol. The Morgan fingerprint density at radius 2 is 1.79 bits per heavy atom. The van der Waals surface area contributed by atoms with Gasteiger partial charge in [0.15, 0.2) is 0 Å². The predicted molar refractivity (Wildman–Crippen MR) is 104 cm³/mol. The van der Waals surface area contributed by atoms with Crippen LogP contribution in [0.25, 0.3) is 11.5 Å². The van der Waals surface area contributed by atoms with E-state index in [0.29, 0.717) is 37.6 Å². The van der Waals surface area contributed by atoms with Crippen LogP contribution in [-0.2, 0) is 10.0 Å². The zero-order valence-electron chi connectivity index (χ0n) is 16.0. The molecule has 0 spiro atoms. The van der Waals surface area contributed by atoms with E-state index in [-0.39, 0.29) is 11.0 Å². The lowest BCUT2D eigenvalue weighted by Gasteiger charge is -2.35. The molecule has 0 saturated carbocycles. The molecule has 0 N–H and O–H groups in total. The second-order valence-corrected chi connectivity index (χ2v) is 8.76. The normalized spacial score (nSPS) is 15.9. The molecule has 3 heterocycles. The Hall–Kier alpha value is -2.65. The summed E-state index contributed by atoms with van der Waals surface area (Å²) >= 11 is 0. The highest BCUT2D eigenvalue weighted by Gasteiger charge is 2.32. The lowest BCUT2D eigenvalue weighted by Crippen LogP contribution is -2.48. The molecule has 3 aromatic rings. The smallest absolute Gasteiger partial charge is 0.276 e. The summed E-state index contributed by atoms with van der Waals surface area (Å²) in [5.41, 5.74) is 4.06. The van der Waals surface area contributed by atoms with E-state index >= 15 is 0 Å². The number of benzene rings is 1. The molecule has 0 unspecified atom stereocenters. The average molecular weight is 402 g/mol. The molecule has 1 aliphatic heterocycles. The van der Waals surface area contributed by atoms with E-state index in [1.165, 1.54) is 27.8 Å². The van der Waals surface area contributed by atoms with Crippen molar-refractivity contribution in [3.63, 3.8) is 0 Å². The molecule has 0 atom stereocenters. The molecule has 0 bridgehead atoms. The van der Waals surface area contributed by atoms with E-state index in [9.17, 15) is 8.42 Å². The maximum atomic E-state index is 12.9. The molecule has 8 nitrogen and oxygen atoms in total. The van der Waals surface area contributed by atoms with E-state index in [4.69, 9.17) is 8.83 Å². The Morgan fingerprint density at radius 1 is 1.04 bits per heavy atom. The molecule has 148 valence electrons. The van der Waals surface area contributed by atoms with Gasteiger partial charge in [-0.25, -0.2) is 8.42 Å². The van der Waals surface area contributed by atoms with Gasteiger partial charge in [0.25, 0.3) is 15.9 Å². The van der Waals surface area contributed by atoms with Crippen molar-refractivity contribution in [3.8, 4) is 11.5 Å². The summed E-state index contributed by atoms with van der Waals surface area (Å²) in [5.74, 6) is 0.644. The van der Waals surface area contributed by atoms with Crippen molar-refractivity contribution in [2.75, 3.05) is 31.1 Å². The molecule has 1 aliphatic rings. The van der Waals surface area contributed by atoms with Gasteiger partial charge in [0.1, 0.15) is 6.26 Å². The lowest BCUT2D eigenvalue weighted by atomic mass is 10.1. The van der Waals surface area contributed by atoms with Gasteiger partial charge in [-0.15, -0.1) is 10.2 Å². The molecule has 1 saturated heterocycles. The van der Waals surface area contributed by atoms with Crippen LogP contribution in [0.3, 0.4) is 0 Å². The Labute approximate surface area is 163 Å². The van der Waals surface area contributed by atoms with Crippen molar-refractivity contribution in [2.24, 2.45) is 0 Å². The van der Waals surface area contributed by atoms with E-state index in [2.05, 4.69) is 41.1 Å². The van der Waals surface area contributed by atoms with Crippen LogP contribution in [0.5, 0.6) is 0 Å². The van der Waals surface area contributed by atoms with E-state index in [1.54, 1.807) is 6.92 Å². The first-order valence-electron chi connectivity index (χ1n) is 9.06. The zero-order valence-corrected chi connectivity index (χ0v) is 16.9. The van der Waals surface area contributed by atoms with Crippen LogP contribution in [-0.4, -0.2) is 49.1 Å². The Morgan fingerprint density at radius 3 is 2.46 bits per heavy atom. The second-order valence-electron chi connectivity index (χ2n) is 6.89. The maximum Gasteiger partial charge on any atom is 0.276 e. The zero-order chi connectivity index (χ0) is 19.9. The van der Waals surface area contributed by atoms with E-state index in [1.807, 2.05) is 6.07 Å². The standard InChI is InChI=1S/C19H22N4O4S/c1-13-5-4-6-17(14(13)2)22-7-9-23(10-8-22)28(24,25)18-11-16(12-26-18)19-21-20-15(3)27-19/h4-6,11-12H,7-10H2,1-3H3. The summed E-state index contributed by atoms with van der Waals surface area (Å²) in [6, 6.07) is 7.63. The van der Waals surface area contributed by atoms with Crippen LogP contribution in [0.15, 0.2) is 44.5 Å². The predicted octanol–water partition coefficient (Wildman–Crippen LogP) is 2.77. The van der Waals surface area contributed by atoms with Crippen LogP contribution in [0.2, 0.25) is 0 Å². The number of hydrogen-bond donors (Lipinski definition) is 0. The summed E-state index contributed by atoms with van der Waals surface area (Å²) in [7, 11) is -3.72. The Bertz CT molecular complexity index is 1090. The highest BCUT2D eigenvalue weighted by Crippen LogP contribution is 2.28. The first kappa shape index (κ1) is 18.7. The van der Waals surface area contributed by atoms with Crippen LogP contribution in [0, 0.1) is 20.8 Å². The number of furan rings is 1. The van der Waals surface area contributed by atoms with Crippen LogP contribution < -0.4 is 4.90 Å². The van der Waals surface area contributed by atoms with Gasteiger partial charge >= 0.3 is 0 Å². The van der Waals surface area contributed by atoms with Crippen molar-refractivity contribution in [3.05, 3.63) is 47.5 Å². The molecule has 2 aromatic heterocycles. The summed E-state index contributed by atoms with van der Waals surface area (Å²) < 4.78 is 38.0. The molecule has 0 amide bonds. The Balaban J connectivity index is 1.49. The Kier molecular flexibility index (Phi) is 4.72. The molecule has 4 rings (SSSR count). The highest BCUT2D eigenvalue weighted by molar-refractivity contribution is 7.89. The third-order valence-electron chi connectivity index (χ3n) is 5.10. The molecule has 0 radical (unpaired) electrons. The third kappa shape index (κ3) is 3.31. The minimum atomic E-state index is -3.72. The van der Waals surface area contributed by atoms with Gasteiger partial charge in [0.05, 0.1) is 5.56 Å². The summed E-state index contributed by atoms with van der Waals surface area (Å²) in [6.45, 7) is 7.89. The van der Waals surface area contributed by atoms with Crippen LogP contribution in [0.1, 0.15) is 17.0 Å². The van der Waals surface area contributed by atoms with E-state index < -0.39 is 10.0 Å². The molecule has 0 aliphatic carbocycles. The number of hydrogen-bond acceptors (Lipinski definition) is 7. The number of piperazine rings is 1. The van der Waals surface area contributed by atoms with Crippen LogP contribution >= 0.6 is 0 Å². The van der Waals surface area contributed by atoms with E-state index in [0.717, 1.165) is 5.69 Å². The number of nitrogens with zero attached hydrogens (tertiary/aromatic N) is 4. The summed E-state index contributed by atoms with van der Waals surface area (Å²) in [5, 5.41) is 7.53. The molecule has 1 aromatic carbocycles. The van der Waals surface area contributed by atoms with Gasteiger partial charge in [-0.1, -0.05) is 12.1 Å². The van der Waals surface area contributed by atoms with Gasteiger partial charge in [0.2, 0.25) is 11.0 Å². The fourth-order valence-corrected chi connectivity index (χ4v) is 4.70. The summed E-state index contributed by atoms with van der Waals surface area (Å²) in [4.78, 5) is 2.23. The van der Waals surface area contributed by atoms with Crippen molar-refractivity contribution >= 4 is 15.7 Å². The molecule has 28 heavy (non-hydrogen) atoms. The summed E-state index contributed by atoms with van der Waals surface area (Å²) in [6.07, 6.45) is 1.33. The quantitative estimate of drug-likeness (QED) is 0.662. The lowest BCUT2D eigenvalue weighted by molar-refractivity contribution is 0.361. The number of aryl methyl sites for hydroxylation is 2. The maximum absolute atomic E-state index is 12.9. The second kappa shape index (κ2) is 7.06. The van der Waals surface area contributed by atoms with Crippen molar-refractivity contribution in [1.82, 2.24) is 14.5 Å². The fourth-order valence-electron chi connectivity index (χ4n) is 3.35. The van der Waals surface area contributed by atoms with Gasteiger partial charge in [0, 0.05) is 44.9 Å². The molecular formula is C19H22N4O4S. The largest absolute Gasteiger partial charge is 0.451 e. The van der Waals surface area contributed by atoms with Crippen molar-refractivity contribution in [1.29, 1.82) is 0 Å². The minimum absolute atomic E-state index is 0.112. The average Bonchev–Trinajstić information content (AvgIpc) is 3.33. The first-order valence-corrected chi connectivity index (χ1v) is 10.5. The SMILES string of the molecule is Cc1nnc(-c2coc(S(=O)(=O)N3CCN(c4cccc(C)c4C)CC3)c2)o1. The number of sulfonamides is 1. The fraction of sp³-hybridized carbons (Fsp3) is 0.368. The number of aromatic nitrogens is 2. The molecule has 9 heteroatoms. The van der Waals surface area contributed by atoms with Crippen LogP contribution in [0.4, 0.5) is 5.69 Å². The highest BCUT2D eigenvalue weighted by atomic mass is 32.2. The molecule has 1 fully saturated rings. The van der Waals surface area contributed by atoms with Gasteiger partial charge in [-0.3, -0.25) is 0 Å². The van der Waals surface area contributed by atoms with Crippen molar-refractivity contribution < 1.29 is 17.3 Å². The first-order chi connectivity index (χ1) is 13.4. The van der Waals surface area contributed by atoms with Gasteiger partial charge in [-0.05, 0) is 31.0 Å². The monoisotopic (exact) mass is 402 g/mol.